The number of fused-ring (bicyclic) bond motifs is 1. The number of carbonyl (C=O) groups is 1. The molecule has 0 aliphatic carbocycles. The van der Waals surface area contributed by atoms with E-state index in [4.69, 9.17) is 4.74 Å². The molecule has 2 nitrogen and oxygen atoms in total. The predicted molar refractivity (Wildman–Crippen MR) is 144 cm³/mol. The van der Waals surface area contributed by atoms with Crippen LogP contribution in [0.1, 0.15) is 127 Å². The predicted octanol–water partition coefficient (Wildman–Crippen LogP) is 9.33. The minimum atomic E-state index is -0.655. The Hall–Kier alpha value is -2.09. The van der Waals surface area contributed by atoms with Crippen LogP contribution < -0.4 is 4.74 Å². The van der Waals surface area contributed by atoms with Crippen molar-refractivity contribution in [2.75, 3.05) is 0 Å². The average Bonchev–Trinajstić information content (AvgIpc) is 3.16. The van der Waals surface area contributed by atoms with E-state index in [2.05, 4.69) is 50.2 Å². The maximum Gasteiger partial charge on any atom is 0.326 e. The molecule has 0 radical (unpaired) electrons. The van der Waals surface area contributed by atoms with Gasteiger partial charge >= 0.3 is 5.97 Å². The normalized spacial score (nSPS) is 17.1. The van der Waals surface area contributed by atoms with Crippen LogP contribution >= 0.6 is 0 Å². The molecule has 186 valence electrons. The van der Waals surface area contributed by atoms with E-state index in [1.165, 1.54) is 89.0 Å². The maximum atomic E-state index is 13.6. The van der Waals surface area contributed by atoms with Gasteiger partial charge in [-0.15, -0.1) is 0 Å². The third kappa shape index (κ3) is 6.74. The van der Waals surface area contributed by atoms with Crippen LogP contribution in [0.3, 0.4) is 0 Å². The summed E-state index contributed by atoms with van der Waals surface area (Å²) < 4.78 is 5.96. The van der Waals surface area contributed by atoms with Gasteiger partial charge in [0.15, 0.2) is 0 Å². The second-order valence-corrected chi connectivity index (χ2v) is 10.2. The molecule has 2 heteroatoms. The Morgan fingerprint density at radius 3 is 1.88 bits per heavy atom. The fraction of sp³-hybridized carbons (Fsp3) is 0.594. The van der Waals surface area contributed by atoms with Crippen molar-refractivity contribution in [3.05, 3.63) is 65.2 Å². The molecule has 0 aromatic heterocycles. The first-order chi connectivity index (χ1) is 16.7. The molecule has 0 bridgehead atoms. The summed E-state index contributed by atoms with van der Waals surface area (Å²) in [7, 11) is 0. The van der Waals surface area contributed by atoms with Gasteiger partial charge in [-0.05, 0) is 36.5 Å². The molecule has 0 spiro atoms. The third-order valence-electron chi connectivity index (χ3n) is 7.56. The van der Waals surface area contributed by atoms with Gasteiger partial charge in [0, 0.05) is 5.56 Å². The Balaban J connectivity index is 1.75. The van der Waals surface area contributed by atoms with E-state index in [0.29, 0.717) is 0 Å². The zero-order chi connectivity index (χ0) is 24.1. The quantitative estimate of drug-likeness (QED) is 0.133. The first-order valence-corrected chi connectivity index (χ1v) is 14.1. The molecule has 1 unspecified atom stereocenters. The van der Waals surface area contributed by atoms with Crippen LogP contribution in [0.5, 0.6) is 5.75 Å². The number of aryl methyl sites for hydroxylation is 1. The van der Waals surface area contributed by atoms with E-state index in [1.54, 1.807) is 0 Å². The van der Waals surface area contributed by atoms with Gasteiger partial charge in [-0.2, -0.15) is 0 Å². The van der Waals surface area contributed by atoms with Crippen molar-refractivity contribution in [1.29, 1.82) is 0 Å². The van der Waals surface area contributed by atoms with Crippen LogP contribution in [0.2, 0.25) is 0 Å². The summed E-state index contributed by atoms with van der Waals surface area (Å²) in [6.45, 7) is 4.53. The van der Waals surface area contributed by atoms with Gasteiger partial charge in [0.25, 0.3) is 0 Å². The Labute approximate surface area is 208 Å². The SMILES string of the molecule is CCCCCCCCCc1cccc2c1C(CCCCCCCCC)(c1ccccc1)C(=O)O2. The average molecular weight is 463 g/mol. The summed E-state index contributed by atoms with van der Waals surface area (Å²) in [5, 5.41) is 0. The van der Waals surface area contributed by atoms with Crippen molar-refractivity contribution >= 4 is 5.97 Å². The van der Waals surface area contributed by atoms with Gasteiger partial charge in [-0.3, -0.25) is 4.79 Å². The lowest BCUT2D eigenvalue weighted by Crippen LogP contribution is -2.36. The standard InChI is InChI=1S/C32H46O2/c1-3-5-7-9-11-13-16-21-27-22-20-25-29-30(27)32(31(33)34-29,28-23-17-15-18-24-28)26-19-14-12-10-8-6-4-2/h15,17-18,20,22-25H,3-14,16,19,21,26H2,1-2H3. The first-order valence-electron chi connectivity index (χ1n) is 14.1. The molecule has 1 aliphatic rings. The van der Waals surface area contributed by atoms with Crippen LogP contribution in [0, 0.1) is 0 Å². The molecule has 2 aromatic carbocycles. The summed E-state index contributed by atoms with van der Waals surface area (Å²) in [6.07, 6.45) is 19.7. The van der Waals surface area contributed by atoms with Crippen molar-refractivity contribution < 1.29 is 9.53 Å². The van der Waals surface area contributed by atoms with E-state index < -0.39 is 5.41 Å². The highest BCUT2D eigenvalue weighted by Crippen LogP contribution is 2.49. The molecular weight excluding hydrogens is 416 g/mol. The molecule has 0 fully saturated rings. The monoisotopic (exact) mass is 462 g/mol. The van der Waals surface area contributed by atoms with E-state index in [1.807, 2.05) is 12.1 Å². The van der Waals surface area contributed by atoms with E-state index in [0.717, 1.165) is 36.1 Å². The number of rotatable bonds is 17. The highest BCUT2D eigenvalue weighted by atomic mass is 16.5. The minimum absolute atomic E-state index is 0.0771. The molecule has 0 saturated heterocycles. The van der Waals surface area contributed by atoms with Crippen LogP contribution in [0.15, 0.2) is 48.5 Å². The minimum Gasteiger partial charge on any atom is -0.425 e. The molecule has 2 aromatic rings. The number of hydrogen-bond donors (Lipinski definition) is 0. The summed E-state index contributed by atoms with van der Waals surface area (Å²) in [6, 6.07) is 16.7. The fourth-order valence-corrected chi connectivity index (χ4v) is 5.62. The molecule has 0 amide bonds. The van der Waals surface area contributed by atoms with Crippen LogP contribution in [-0.2, 0) is 16.6 Å². The van der Waals surface area contributed by atoms with Crippen LogP contribution in [-0.4, -0.2) is 5.97 Å². The van der Waals surface area contributed by atoms with Crippen molar-refractivity contribution in [3.8, 4) is 5.75 Å². The highest BCUT2D eigenvalue weighted by molar-refractivity contribution is 5.95. The number of hydrogen-bond acceptors (Lipinski definition) is 2. The Kier molecular flexibility index (Phi) is 11.2. The lowest BCUT2D eigenvalue weighted by atomic mass is 9.70. The molecule has 1 atom stereocenters. The number of esters is 1. The molecular formula is C32H46O2. The van der Waals surface area contributed by atoms with Crippen molar-refractivity contribution in [2.24, 2.45) is 0 Å². The van der Waals surface area contributed by atoms with Crippen molar-refractivity contribution in [2.45, 2.75) is 122 Å². The lowest BCUT2D eigenvalue weighted by Gasteiger charge is -2.28. The smallest absolute Gasteiger partial charge is 0.326 e. The van der Waals surface area contributed by atoms with Gasteiger partial charge in [-0.25, -0.2) is 0 Å². The summed E-state index contributed by atoms with van der Waals surface area (Å²) in [5.74, 6) is 0.712. The van der Waals surface area contributed by atoms with Gasteiger partial charge in [-0.1, -0.05) is 140 Å². The van der Waals surface area contributed by atoms with Crippen LogP contribution in [0.25, 0.3) is 0 Å². The first kappa shape index (κ1) is 26.5. The Bertz CT molecular complexity index is 857. The van der Waals surface area contributed by atoms with Crippen molar-refractivity contribution in [1.82, 2.24) is 0 Å². The lowest BCUT2D eigenvalue weighted by molar-refractivity contribution is -0.137. The Morgan fingerprint density at radius 2 is 1.24 bits per heavy atom. The van der Waals surface area contributed by atoms with Gasteiger partial charge < -0.3 is 4.74 Å². The number of benzene rings is 2. The van der Waals surface area contributed by atoms with E-state index in [9.17, 15) is 4.79 Å². The van der Waals surface area contributed by atoms with E-state index in [-0.39, 0.29) is 5.97 Å². The largest absolute Gasteiger partial charge is 0.425 e. The number of ether oxygens (including phenoxy) is 1. The molecule has 3 rings (SSSR count). The number of carbonyl (C=O) groups excluding carboxylic acids is 1. The maximum absolute atomic E-state index is 13.6. The van der Waals surface area contributed by atoms with Crippen LogP contribution in [0.4, 0.5) is 0 Å². The molecule has 0 saturated carbocycles. The Morgan fingerprint density at radius 1 is 0.647 bits per heavy atom. The zero-order valence-corrected chi connectivity index (χ0v) is 21.7. The fourth-order valence-electron chi connectivity index (χ4n) is 5.62. The van der Waals surface area contributed by atoms with Gasteiger partial charge in [0.2, 0.25) is 0 Å². The zero-order valence-electron chi connectivity index (χ0n) is 21.7. The van der Waals surface area contributed by atoms with Crippen molar-refractivity contribution in [3.63, 3.8) is 0 Å². The summed E-state index contributed by atoms with van der Waals surface area (Å²) in [4.78, 5) is 13.6. The highest BCUT2D eigenvalue weighted by Gasteiger charge is 2.51. The third-order valence-corrected chi connectivity index (χ3v) is 7.56. The van der Waals surface area contributed by atoms with Gasteiger partial charge in [0.05, 0.1) is 0 Å². The van der Waals surface area contributed by atoms with Gasteiger partial charge in [0.1, 0.15) is 11.2 Å². The summed E-state index contributed by atoms with van der Waals surface area (Å²) >= 11 is 0. The number of unbranched alkanes of at least 4 members (excludes halogenated alkanes) is 12. The summed E-state index contributed by atoms with van der Waals surface area (Å²) in [5.41, 5.74) is 2.90. The molecule has 1 aliphatic heterocycles. The molecule has 1 heterocycles. The second kappa shape index (κ2) is 14.3. The molecule has 34 heavy (non-hydrogen) atoms. The van der Waals surface area contributed by atoms with E-state index >= 15 is 0 Å². The second-order valence-electron chi connectivity index (χ2n) is 10.2. The molecule has 0 N–H and O–H groups in total. The topological polar surface area (TPSA) is 26.3 Å².